The Balaban J connectivity index is 1.95. The highest BCUT2D eigenvalue weighted by molar-refractivity contribution is 6.74. The molecule has 0 aliphatic heterocycles. The van der Waals surface area contributed by atoms with E-state index in [0.717, 1.165) is 16.7 Å². The molecule has 130 valence electrons. The number of hydrogen-bond acceptors (Lipinski definition) is 2. The zero-order valence-corrected chi connectivity index (χ0v) is 16.5. The molecule has 0 aliphatic rings. The first-order chi connectivity index (χ1) is 11.2. The Morgan fingerprint density at radius 3 is 2.04 bits per heavy atom. The standard InChI is InChI=1S/C21H30O2Si/c1-21(2,3)24(4,5)23-16-18-11-13-19(14-12-18)20(22)15-17-9-7-6-8-10-17/h6-14,20,22H,15-16H2,1-5H3. The molecule has 2 rings (SSSR count). The number of aliphatic hydroxyl groups is 1. The van der Waals surface area contributed by atoms with E-state index in [1.807, 2.05) is 42.5 Å². The highest BCUT2D eigenvalue weighted by Gasteiger charge is 2.36. The second-order valence-corrected chi connectivity index (χ2v) is 12.8. The molecule has 1 unspecified atom stereocenters. The molecule has 0 bridgehead atoms. The molecule has 0 aromatic heterocycles. The van der Waals surface area contributed by atoms with E-state index in [4.69, 9.17) is 4.43 Å². The van der Waals surface area contributed by atoms with E-state index in [1.165, 1.54) is 0 Å². The van der Waals surface area contributed by atoms with Crippen molar-refractivity contribution in [2.24, 2.45) is 0 Å². The maximum Gasteiger partial charge on any atom is 0.192 e. The fourth-order valence-electron chi connectivity index (χ4n) is 2.27. The van der Waals surface area contributed by atoms with Crippen LogP contribution in [0, 0.1) is 0 Å². The van der Waals surface area contributed by atoms with Gasteiger partial charge in [0.15, 0.2) is 8.32 Å². The Labute approximate surface area is 147 Å². The third-order valence-electron chi connectivity index (χ3n) is 5.04. The number of benzene rings is 2. The highest BCUT2D eigenvalue weighted by atomic mass is 28.4. The summed E-state index contributed by atoms with van der Waals surface area (Å²) in [5.74, 6) is 0. The van der Waals surface area contributed by atoms with Crippen LogP contribution in [0.15, 0.2) is 54.6 Å². The van der Waals surface area contributed by atoms with Gasteiger partial charge in [0.05, 0.1) is 12.7 Å². The summed E-state index contributed by atoms with van der Waals surface area (Å²) >= 11 is 0. The van der Waals surface area contributed by atoms with Crippen molar-refractivity contribution in [3.8, 4) is 0 Å². The van der Waals surface area contributed by atoms with Crippen LogP contribution in [0.3, 0.4) is 0 Å². The lowest BCUT2D eigenvalue weighted by Crippen LogP contribution is -2.40. The van der Waals surface area contributed by atoms with Gasteiger partial charge in [-0.15, -0.1) is 0 Å². The fraction of sp³-hybridized carbons (Fsp3) is 0.429. The van der Waals surface area contributed by atoms with Crippen LogP contribution in [-0.2, 0) is 17.5 Å². The Hall–Kier alpha value is -1.42. The molecule has 0 saturated carbocycles. The molecule has 3 heteroatoms. The molecular weight excluding hydrogens is 312 g/mol. The zero-order chi connectivity index (χ0) is 17.8. The predicted molar refractivity (Wildman–Crippen MR) is 104 cm³/mol. The van der Waals surface area contributed by atoms with Crippen LogP contribution in [0.5, 0.6) is 0 Å². The van der Waals surface area contributed by atoms with Gasteiger partial charge in [-0.1, -0.05) is 75.4 Å². The van der Waals surface area contributed by atoms with Crippen LogP contribution in [0.2, 0.25) is 18.1 Å². The summed E-state index contributed by atoms with van der Waals surface area (Å²) in [5, 5.41) is 10.6. The predicted octanol–water partition coefficient (Wildman–Crippen LogP) is 5.48. The van der Waals surface area contributed by atoms with Gasteiger partial charge >= 0.3 is 0 Å². The quantitative estimate of drug-likeness (QED) is 0.704. The van der Waals surface area contributed by atoms with Crippen LogP contribution in [0.1, 0.15) is 43.6 Å². The molecule has 0 radical (unpaired) electrons. The third kappa shape index (κ3) is 5.03. The normalized spacial score (nSPS) is 13.8. The summed E-state index contributed by atoms with van der Waals surface area (Å²) in [5.41, 5.74) is 3.26. The molecule has 1 N–H and O–H groups in total. The second kappa shape index (κ2) is 7.64. The molecule has 2 aromatic carbocycles. The first kappa shape index (κ1) is 18.9. The van der Waals surface area contributed by atoms with E-state index < -0.39 is 14.4 Å². The minimum Gasteiger partial charge on any atom is -0.413 e. The first-order valence-corrected chi connectivity index (χ1v) is 11.5. The van der Waals surface area contributed by atoms with Crippen molar-refractivity contribution >= 4 is 8.32 Å². The number of rotatable bonds is 6. The maximum absolute atomic E-state index is 10.4. The monoisotopic (exact) mass is 342 g/mol. The smallest absolute Gasteiger partial charge is 0.192 e. The fourth-order valence-corrected chi connectivity index (χ4v) is 3.23. The van der Waals surface area contributed by atoms with E-state index in [2.05, 4.69) is 46.0 Å². The summed E-state index contributed by atoms with van der Waals surface area (Å²) in [6.45, 7) is 11.9. The van der Waals surface area contributed by atoms with Gasteiger partial charge in [-0.3, -0.25) is 0 Å². The molecule has 0 aliphatic carbocycles. The van der Waals surface area contributed by atoms with Crippen molar-refractivity contribution in [2.75, 3.05) is 0 Å². The van der Waals surface area contributed by atoms with Crippen LogP contribution in [0.25, 0.3) is 0 Å². The molecule has 2 nitrogen and oxygen atoms in total. The van der Waals surface area contributed by atoms with Crippen molar-refractivity contribution in [3.05, 3.63) is 71.3 Å². The molecule has 2 aromatic rings. The lowest BCUT2D eigenvalue weighted by atomic mass is 10.0. The summed E-state index contributed by atoms with van der Waals surface area (Å²) < 4.78 is 6.25. The molecule has 0 spiro atoms. The average Bonchev–Trinajstić information content (AvgIpc) is 2.53. The maximum atomic E-state index is 10.4. The van der Waals surface area contributed by atoms with Gasteiger partial charge in [-0.25, -0.2) is 0 Å². The van der Waals surface area contributed by atoms with Gasteiger partial charge < -0.3 is 9.53 Å². The van der Waals surface area contributed by atoms with E-state index >= 15 is 0 Å². The first-order valence-electron chi connectivity index (χ1n) is 8.64. The summed E-state index contributed by atoms with van der Waals surface area (Å²) in [6.07, 6.45) is 0.170. The molecule has 0 fully saturated rings. The summed E-state index contributed by atoms with van der Waals surface area (Å²) in [7, 11) is -1.72. The topological polar surface area (TPSA) is 29.5 Å². The third-order valence-corrected chi connectivity index (χ3v) is 9.52. The molecule has 24 heavy (non-hydrogen) atoms. The molecule has 0 heterocycles. The molecule has 1 atom stereocenters. The van der Waals surface area contributed by atoms with Gasteiger partial charge in [0.2, 0.25) is 0 Å². The van der Waals surface area contributed by atoms with Crippen molar-refractivity contribution in [1.82, 2.24) is 0 Å². The van der Waals surface area contributed by atoms with Crippen molar-refractivity contribution in [2.45, 2.75) is 58.0 Å². The Morgan fingerprint density at radius 2 is 1.50 bits per heavy atom. The van der Waals surface area contributed by atoms with Crippen molar-refractivity contribution in [1.29, 1.82) is 0 Å². The lowest BCUT2D eigenvalue weighted by molar-refractivity contribution is 0.178. The number of hydrogen-bond donors (Lipinski definition) is 1. The largest absolute Gasteiger partial charge is 0.413 e. The van der Waals surface area contributed by atoms with E-state index in [1.54, 1.807) is 0 Å². The van der Waals surface area contributed by atoms with Gasteiger partial charge in [-0.2, -0.15) is 0 Å². The van der Waals surface area contributed by atoms with Crippen LogP contribution in [0.4, 0.5) is 0 Å². The Morgan fingerprint density at radius 1 is 0.917 bits per heavy atom. The average molecular weight is 343 g/mol. The molecular formula is C21H30O2Si. The van der Waals surface area contributed by atoms with Gasteiger partial charge in [-0.05, 0) is 34.8 Å². The van der Waals surface area contributed by atoms with Crippen LogP contribution >= 0.6 is 0 Å². The van der Waals surface area contributed by atoms with E-state index in [0.29, 0.717) is 13.0 Å². The second-order valence-electron chi connectivity index (χ2n) is 8.00. The van der Waals surface area contributed by atoms with Gasteiger partial charge in [0, 0.05) is 6.42 Å². The highest BCUT2D eigenvalue weighted by Crippen LogP contribution is 2.37. The minimum absolute atomic E-state index is 0.221. The summed E-state index contributed by atoms with van der Waals surface area (Å²) in [4.78, 5) is 0. The van der Waals surface area contributed by atoms with Gasteiger partial charge in [0.25, 0.3) is 0 Å². The van der Waals surface area contributed by atoms with E-state index in [-0.39, 0.29) is 5.04 Å². The summed E-state index contributed by atoms with van der Waals surface area (Å²) in [6, 6.07) is 18.2. The lowest BCUT2D eigenvalue weighted by Gasteiger charge is -2.36. The molecule has 0 saturated heterocycles. The Bertz CT molecular complexity index is 627. The SMILES string of the molecule is CC(C)(C)[Si](C)(C)OCc1ccc(C(O)Cc2ccccc2)cc1. The molecule has 0 amide bonds. The van der Waals surface area contributed by atoms with Gasteiger partial charge in [0.1, 0.15) is 0 Å². The van der Waals surface area contributed by atoms with E-state index in [9.17, 15) is 5.11 Å². The Kier molecular flexibility index (Phi) is 6.02. The van der Waals surface area contributed by atoms with Crippen LogP contribution in [-0.4, -0.2) is 13.4 Å². The van der Waals surface area contributed by atoms with Crippen LogP contribution < -0.4 is 0 Å². The zero-order valence-electron chi connectivity index (χ0n) is 15.5. The van der Waals surface area contributed by atoms with Crippen molar-refractivity contribution in [3.63, 3.8) is 0 Å². The number of aliphatic hydroxyl groups excluding tert-OH is 1. The minimum atomic E-state index is -1.72. The van der Waals surface area contributed by atoms with Crippen molar-refractivity contribution < 1.29 is 9.53 Å².